The predicted octanol–water partition coefficient (Wildman–Crippen LogP) is 5.55. The number of amides is 1. The second-order valence-corrected chi connectivity index (χ2v) is 9.00. The summed E-state index contributed by atoms with van der Waals surface area (Å²) in [6.07, 6.45) is 0.551. The third kappa shape index (κ3) is 5.20. The summed E-state index contributed by atoms with van der Waals surface area (Å²) >= 11 is 0. The van der Waals surface area contributed by atoms with E-state index in [1.165, 1.54) is 12.1 Å². The highest BCUT2D eigenvalue weighted by atomic mass is 19.1. The van der Waals surface area contributed by atoms with Crippen molar-refractivity contribution in [2.24, 2.45) is 0 Å². The smallest absolute Gasteiger partial charge is 0.254 e. The van der Waals surface area contributed by atoms with Gasteiger partial charge in [0.15, 0.2) is 0 Å². The number of hydrogen-bond donors (Lipinski definition) is 0. The minimum atomic E-state index is -0.434. The Morgan fingerprint density at radius 1 is 1.03 bits per heavy atom. The number of ether oxygens (including phenoxy) is 1. The zero-order valence-electron chi connectivity index (χ0n) is 20.3. The number of halogens is 1. The average Bonchev–Trinajstić information content (AvgIpc) is 2.88. The van der Waals surface area contributed by atoms with Crippen LogP contribution in [0, 0.1) is 12.7 Å². The first kappa shape index (κ1) is 23.5. The van der Waals surface area contributed by atoms with Crippen molar-refractivity contribution in [2.45, 2.75) is 26.4 Å². The quantitative estimate of drug-likeness (QED) is 0.361. The number of hydrogen-bond acceptors (Lipinski definition) is 5. The molecule has 0 saturated carbocycles. The normalized spacial score (nSPS) is 12.7. The Morgan fingerprint density at radius 2 is 1.83 bits per heavy atom. The number of fused-ring (bicyclic) bond motifs is 1. The first-order chi connectivity index (χ1) is 17.5. The molecule has 2 heterocycles. The molecule has 0 saturated heterocycles. The van der Waals surface area contributed by atoms with Crippen molar-refractivity contribution in [3.05, 3.63) is 113 Å². The van der Waals surface area contributed by atoms with Crippen LogP contribution in [0.1, 0.15) is 32.7 Å². The van der Waals surface area contributed by atoms with Gasteiger partial charge in [0.1, 0.15) is 11.6 Å². The molecule has 0 aliphatic carbocycles. The number of benzene rings is 3. The molecular formula is C29H27FN4O2. The van der Waals surface area contributed by atoms with Gasteiger partial charge in [0.25, 0.3) is 5.91 Å². The molecule has 36 heavy (non-hydrogen) atoms. The fraction of sp³-hybridized carbons (Fsp3) is 0.207. The number of nitrogens with zero attached hydrogens (tertiary/aromatic N) is 4. The van der Waals surface area contributed by atoms with E-state index in [4.69, 9.17) is 14.7 Å². The standard InChI is InChI=1S/C29H27FN4O2/c1-20-8-6-13-24(16-20)36-27-25-19-34(28(35)22-11-7-12-23(30)17-22)15-14-26(25)31-29(32-27)33(2)18-21-9-4-3-5-10-21/h3-13,16-17H,14-15,18-19H2,1-2H3. The second-order valence-electron chi connectivity index (χ2n) is 9.00. The van der Waals surface area contributed by atoms with Crippen molar-refractivity contribution in [1.29, 1.82) is 0 Å². The molecule has 1 aliphatic rings. The van der Waals surface area contributed by atoms with E-state index in [1.54, 1.807) is 17.0 Å². The highest BCUT2D eigenvalue weighted by Gasteiger charge is 2.28. The van der Waals surface area contributed by atoms with Gasteiger partial charge in [-0.2, -0.15) is 4.98 Å². The van der Waals surface area contributed by atoms with Gasteiger partial charge in [-0.15, -0.1) is 0 Å². The molecule has 0 atom stereocenters. The highest BCUT2D eigenvalue weighted by molar-refractivity contribution is 5.94. The topological polar surface area (TPSA) is 58.6 Å². The summed E-state index contributed by atoms with van der Waals surface area (Å²) in [5.41, 5.74) is 4.16. The monoisotopic (exact) mass is 482 g/mol. The SMILES string of the molecule is Cc1cccc(Oc2nc(N(C)Cc3ccccc3)nc3c2CN(C(=O)c2cccc(F)c2)CC3)c1. The van der Waals surface area contributed by atoms with Gasteiger partial charge in [0.05, 0.1) is 17.8 Å². The van der Waals surface area contributed by atoms with E-state index in [0.717, 1.165) is 22.4 Å². The maximum atomic E-state index is 13.7. The lowest BCUT2D eigenvalue weighted by atomic mass is 10.0. The lowest BCUT2D eigenvalue weighted by Gasteiger charge is -2.30. The summed E-state index contributed by atoms with van der Waals surface area (Å²) < 4.78 is 20.0. The average molecular weight is 483 g/mol. The van der Waals surface area contributed by atoms with Crippen LogP contribution in [0.4, 0.5) is 10.3 Å². The Morgan fingerprint density at radius 3 is 2.61 bits per heavy atom. The first-order valence-electron chi connectivity index (χ1n) is 11.9. The summed E-state index contributed by atoms with van der Waals surface area (Å²) in [6.45, 7) is 3.41. The Bertz CT molecular complexity index is 1390. The minimum Gasteiger partial charge on any atom is -0.438 e. The Hall–Kier alpha value is -4.26. The lowest BCUT2D eigenvalue weighted by molar-refractivity contribution is 0.0731. The van der Waals surface area contributed by atoms with Gasteiger partial charge in [-0.3, -0.25) is 4.79 Å². The van der Waals surface area contributed by atoms with E-state index >= 15 is 0 Å². The zero-order valence-corrected chi connectivity index (χ0v) is 20.3. The molecule has 3 aromatic carbocycles. The van der Waals surface area contributed by atoms with Crippen molar-refractivity contribution in [3.63, 3.8) is 0 Å². The molecule has 4 aromatic rings. The molecule has 7 heteroatoms. The maximum Gasteiger partial charge on any atom is 0.254 e. The largest absolute Gasteiger partial charge is 0.438 e. The molecule has 0 fully saturated rings. The number of rotatable bonds is 6. The van der Waals surface area contributed by atoms with E-state index in [2.05, 4.69) is 12.1 Å². The van der Waals surface area contributed by atoms with Gasteiger partial charge in [-0.05, 0) is 48.4 Å². The van der Waals surface area contributed by atoms with Gasteiger partial charge in [-0.25, -0.2) is 9.37 Å². The fourth-order valence-corrected chi connectivity index (χ4v) is 4.32. The molecular weight excluding hydrogens is 455 g/mol. The summed E-state index contributed by atoms with van der Waals surface area (Å²) in [5.74, 6) is 0.992. The van der Waals surface area contributed by atoms with E-state index in [1.807, 2.05) is 61.3 Å². The third-order valence-electron chi connectivity index (χ3n) is 6.18. The van der Waals surface area contributed by atoms with Crippen LogP contribution in [-0.4, -0.2) is 34.4 Å². The number of carbonyl (C=O) groups excluding carboxylic acids is 1. The van der Waals surface area contributed by atoms with Crippen molar-refractivity contribution in [1.82, 2.24) is 14.9 Å². The van der Waals surface area contributed by atoms with Crippen LogP contribution in [0.25, 0.3) is 0 Å². The predicted molar refractivity (Wildman–Crippen MR) is 137 cm³/mol. The van der Waals surface area contributed by atoms with Crippen LogP contribution in [0.2, 0.25) is 0 Å². The van der Waals surface area contributed by atoms with Crippen LogP contribution < -0.4 is 9.64 Å². The molecule has 1 aromatic heterocycles. The summed E-state index contributed by atoms with van der Waals surface area (Å²) in [4.78, 5) is 26.4. The fourth-order valence-electron chi connectivity index (χ4n) is 4.32. The Kier molecular flexibility index (Phi) is 6.62. The summed E-state index contributed by atoms with van der Waals surface area (Å²) in [6, 6.07) is 23.7. The van der Waals surface area contributed by atoms with Gasteiger partial charge >= 0.3 is 0 Å². The Labute approximate surface area is 210 Å². The number of aromatic nitrogens is 2. The van der Waals surface area contributed by atoms with E-state index in [0.29, 0.717) is 42.7 Å². The first-order valence-corrected chi connectivity index (χ1v) is 11.9. The molecule has 1 aliphatic heterocycles. The van der Waals surface area contributed by atoms with E-state index in [9.17, 15) is 9.18 Å². The molecule has 1 amide bonds. The van der Waals surface area contributed by atoms with Gasteiger partial charge < -0.3 is 14.5 Å². The van der Waals surface area contributed by atoms with Crippen LogP contribution in [0.3, 0.4) is 0 Å². The molecule has 6 nitrogen and oxygen atoms in total. The van der Waals surface area contributed by atoms with Gasteiger partial charge in [-0.1, -0.05) is 48.5 Å². The molecule has 5 rings (SSSR count). The van der Waals surface area contributed by atoms with Crippen molar-refractivity contribution in [3.8, 4) is 11.6 Å². The minimum absolute atomic E-state index is 0.230. The van der Waals surface area contributed by atoms with Gasteiger partial charge in [0.2, 0.25) is 11.8 Å². The van der Waals surface area contributed by atoms with Crippen LogP contribution in [0.15, 0.2) is 78.9 Å². The van der Waals surface area contributed by atoms with E-state index < -0.39 is 5.82 Å². The summed E-state index contributed by atoms with van der Waals surface area (Å²) in [5, 5.41) is 0. The van der Waals surface area contributed by atoms with Crippen LogP contribution >= 0.6 is 0 Å². The molecule has 0 N–H and O–H groups in total. The van der Waals surface area contributed by atoms with Crippen molar-refractivity contribution in [2.75, 3.05) is 18.5 Å². The van der Waals surface area contributed by atoms with Crippen molar-refractivity contribution < 1.29 is 13.9 Å². The molecule has 0 radical (unpaired) electrons. The molecule has 182 valence electrons. The zero-order chi connectivity index (χ0) is 25.1. The van der Waals surface area contributed by atoms with E-state index in [-0.39, 0.29) is 12.5 Å². The molecule has 0 unspecified atom stereocenters. The van der Waals surface area contributed by atoms with Crippen LogP contribution in [0.5, 0.6) is 11.6 Å². The number of anilines is 1. The highest BCUT2D eigenvalue weighted by Crippen LogP contribution is 2.32. The molecule has 0 bridgehead atoms. The van der Waals surface area contributed by atoms with Crippen molar-refractivity contribution >= 4 is 11.9 Å². The summed E-state index contributed by atoms with van der Waals surface area (Å²) in [7, 11) is 1.95. The third-order valence-corrected chi connectivity index (χ3v) is 6.18. The number of aryl methyl sites for hydroxylation is 1. The molecule has 0 spiro atoms. The second kappa shape index (κ2) is 10.2. The van der Waals surface area contributed by atoms with Crippen LogP contribution in [-0.2, 0) is 19.5 Å². The lowest BCUT2D eigenvalue weighted by Crippen LogP contribution is -2.37. The maximum absolute atomic E-state index is 13.7. The Balaban J connectivity index is 1.48. The number of carbonyl (C=O) groups is 1. The van der Waals surface area contributed by atoms with Gasteiger partial charge in [0, 0.05) is 32.1 Å².